The summed E-state index contributed by atoms with van der Waals surface area (Å²) in [5, 5.41) is 3.45. The van der Waals surface area contributed by atoms with Crippen LogP contribution in [0, 0.1) is 24.2 Å². The quantitative estimate of drug-likeness (QED) is 0.632. The van der Waals surface area contributed by atoms with Crippen molar-refractivity contribution in [2.24, 2.45) is 11.8 Å². The Bertz CT molecular complexity index is 225. The van der Waals surface area contributed by atoms with Gasteiger partial charge in [0.2, 0.25) is 0 Å². The van der Waals surface area contributed by atoms with Gasteiger partial charge in [-0.2, -0.15) is 0 Å². The van der Waals surface area contributed by atoms with E-state index >= 15 is 0 Å². The van der Waals surface area contributed by atoms with Gasteiger partial charge in [0.05, 0.1) is 6.54 Å². The molecule has 1 unspecified atom stereocenters. The highest BCUT2D eigenvalue weighted by atomic mass is 15.2. The Labute approximate surface area is 101 Å². The molecule has 1 aliphatic rings. The zero-order valence-corrected chi connectivity index (χ0v) is 11.0. The molecule has 0 saturated heterocycles. The summed E-state index contributed by atoms with van der Waals surface area (Å²) in [6.45, 7) is 10.8. The van der Waals surface area contributed by atoms with Crippen molar-refractivity contribution in [3.05, 3.63) is 0 Å². The molecule has 0 spiro atoms. The van der Waals surface area contributed by atoms with Gasteiger partial charge in [0.25, 0.3) is 0 Å². The highest BCUT2D eigenvalue weighted by Gasteiger charge is 2.28. The molecule has 16 heavy (non-hydrogen) atoms. The average Bonchev–Trinajstić information content (AvgIpc) is 3.02. The molecule has 1 rings (SSSR count). The van der Waals surface area contributed by atoms with Crippen molar-refractivity contribution < 1.29 is 0 Å². The van der Waals surface area contributed by atoms with E-state index in [0.29, 0.717) is 12.0 Å². The summed E-state index contributed by atoms with van der Waals surface area (Å²) in [6, 6.07) is 0.580. The summed E-state index contributed by atoms with van der Waals surface area (Å²) in [7, 11) is 0. The Morgan fingerprint density at radius 2 is 2.12 bits per heavy atom. The smallest absolute Gasteiger partial charge is 0.0601 e. The Morgan fingerprint density at radius 3 is 2.56 bits per heavy atom. The van der Waals surface area contributed by atoms with Crippen molar-refractivity contribution in [1.29, 1.82) is 0 Å². The molecule has 1 fully saturated rings. The third-order valence-electron chi connectivity index (χ3n) is 3.33. The molecule has 1 atom stereocenters. The molecule has 92 valence electrons. The molecule has 0 radical (unpaired) electrons. The van der Waals surface area contributed by atoms with Gasteiger partial charge >= 0.3 is 0 Å². The molecule has 0 bridgehead atoms. The van der Waals surface area contributed by atoms with Crippen molar-refractivity contribution in [3.63, 3.8) is 0 Å². The van der Waals surface area contributed by atoms with Crippen LogP contribution in [0.25, 0.3) is 0 Å². The molecule has 0 aromatic rings. The largest absolute Gasteiger partial charge is 0.315 e. The Hall–Kier alpha value is -0.520. The lowest BCUT2D eigenvalue weighted by molar-refractivity contribution is 0.164. The Kier molecular flexibility index (Phi) is 5.87. The van der Waals surface area contributed by atoms with Gasteiger partial charge in [-0.15, -0.1) is 6.42 Å². The first kappa shape index (κ1) is 13.5. The van der Waals surface area contributed by atoms with Crippen molar-refractivity contribution >= 4 is 0 Å². The SMILES string of the molecule is C#CCN(CC1CC1)C(CNCC)C(C)C. The lowest BCUT2D eigenvalue weighted by Crippen LogP contribution is -2.46. The monoisotopic (exact) mass is 222 g/mol. The van der Waals surface area contributed by atoms with E-state index in [1.807, 2.05) is 0 Å². The maximum absolute atomic E-state index is 5.48. The van der Waals surface area contributed by atoms with Gasteiger partial charge in [-0.25, -0.2) is 0 Å². The van der Waals surface area contributed by atoms with E-state index in [-0.39, 0.29) is 0 Å². The summed E-state index contributed by atoms with van der Waals surface area (Å²) in [4.78, 5) is 2.49. The lowest BCUT2D eigenvalue weighted by Gasteiger charge is -2.33. The van der Waals surface area contributed by atoms with E-state index in [1.54, 1.807) is 0 Å². The van der Waals surface area contributed by atoms with Gasteiger partial charge < -0.3 is 5.32 Å². The van der Waals surface area contributed by atoms with Gasteiger partial charge in [-0.3, -0.25) is 4.90 Å². The van der Waals surface area contributed by atoms with Crippen LogP contribution in [-0.2, 0) is 0 Å². The van der Waals surface area contributed by atoms with Gasteiger partial charge in [0, 0.05) is 19.1 Å². The number of nitrogens with zero attached hydrogens (tertiary/aromatic N) is 1. The molecule has 1 aliphatic carbocycles. The normalized spacial score (nSPS) is 17.8. The molecule has 1 saturated carbocycles. The number of rotatable bonds is 8. The van der Waals surface area contributed by atoms with E-state index < -0.39 is 0 Å². The second-order valence-electron chi connectivity index (χ2n) is 5.20. The molecule has 0 aromatic carbocycles. The van der Waals surface area contributed by atoms with Crippen LogP contribution >= 0.6 is 0 Å². The number of terminal acetylenes is 1. The highest BCUT2D eigenvalue weighted by Crippen LogP contribution is 2.30. The maximum Gasteiger partial charge on any atom is 0.0601 e. The third-order valence-corrected chi connectivity index (χ3v) is 3.33. The number of nitrogens with one attached hydrogen (secondary N) is 1. The van der Waals surface area contributed by atoms with Crippen LogP contribution in [0.15, 0.2) is 0 Å². The zero-order valence-electron chi connectivity index (χ0n) is 11.0. The molecule has 2 nitrogen and oxygen atoms in total. The number of likely N-dealkylation sites (N-methyl/N-ethyl adjacent to an activating group) is 1. The number of hydrogen-bond acceptors (Lipinski definition) is 2. The first-order chi connectivity index (χ1) is 7.69. The summed E-state index contributed by atoms with van der Waals surface area (Å²) in [5.74, 6) is 4.38. The predicted octanol–water partition coefficient (Wildman–Crippen LogP) is 1.97. The Balaban J connectivity index is 2.50. The van der Waals surface area contributed by atoms with Crippen molar-refractivity contribution in [3.8, 4) is 12.3 Å². The van der Waals surface area contributed by atoms with Crippen molar-refractivity contribution in [2.75, 3.05) is 26.2 Å². The summed E-state index contributed by atoms with van der Waals surface area (Å²) in [5.41, 5.74) is 0. The van der Waals surface area contributed by atoms with Crippen molar-refractivity contribution in [1.82, 2.24) is 10.2 Å². The summed E-state index contributed by atoms with van der Waals surface area (Å²) >= 11 is 0. The first-order valence-corrected chi connectivity index (χ1v) is 6.57. The first-order valence-electron chi connectivity index (χ1n) is 6.57. The second kappa shape index (κ2) is 6.93. The second-order valence-corrected chi connectivity index (χ2v) is 5.20. The molecule has 0 heterocycles. The van der Waals surface area contributed by atoms with Crippen LogP contribution in [0.3, 0.4) is 0 Å². The summed E-state index contributed by atoms with van der Waals surface area (Å²) in [6.07, 6.45) is 8.27. The van der Waals surface area contributed by atoms with Gasteiger partial charge in [-0.05, 0) is 31.2 Å². The van der Waals surface area contributed by atoms with E-state index in [4.69, 9.17) is 6.42 Å². The van der Waals surface area contributed by atoms with Gasteiger partial charge in [0.1, 0.15) is 0 Å². The fourth-order valence-electron chi connectivity index (χ4n) is 2.15. The predicted molar refractivity (Wildman–Crippen MR) is 70.3 cm³/mol. The fraction of sp³-hybridized carbons (Fsp3) is 0.857. The van der Waals surface area contributed by atoms with E-state index in [9.17, 15) is 0 Å². The Morgan fingerprint density at radius 1 is 1.44 bits per heavy atom. The van der Waals surface area contributed by atoms with Crippen LogP contribution in [0.2, 0.25) is 0 Å². The molecule has 2 heteroatoms. The van der Waals surface area contributed by atoms with E-state index in [2.05, 4.69) is 36.9 Å². The minimum atomic E-state index is 0.580. The van der Waals surface area contributed by atoms with Crippen LogP contribution in [0.5, 0.6) is 0 Å². The number of hydrogen-bond donors (Lipinski definition) is 1. The standard InChI is InChI=1S/C14H26N2/c1-5-9-16(11-13-7-8-13)14(12(3)4)10-15-6-2/h1,12-15H,6-11H2,2-4H3. The highest BCUT2D eigenvalue weighted by molar-refractivity contribution is 4.93. The third kappa shape index (κ3) is 4.55. The molecule has 0 aromatic heterocycles. The topological polar surface area (TPSA) is 15.3 Å². The van der Waals surface area contributed by atoms with Gasteiger partial charge in [0.15, 0.2) is 0 Å². The van der Waals surface area contributed by atoms with Crippen molar-refractivity contribution in [2.45, 2.75) is 39.7 Å². The van der Waals surface area contributed by atoms with Crippen LogP contribution in [0.4, 0.5) is 0 Å². The minimum Gasteiger partial charge on any atom is -0.315 e. The minimum absolute atomic E-state index is 0.580. The van der Waals surface area contributed by atoms with Crippen LogP contribution in [-0.4, -0.2) is 37.1 Å². The zero-order chi connectivity index (χ0) is 12.0. The lowest BCUT2D eigenvalue weighted by atomic mass is 10.0. The van der Waals surface area contributed by atoms with Crippen LogP contribution < -0.4 is 5.32 Å². The van der Waals surface area contributed by atoms with E-state index in [0.717, 1.165) is 25.6 Å². The molecule has 0 amide bonds. The fourth-order valence-corrected chi connectivity index (χ4v) is 2.15. The maximum atomic E-state index is 5.48. The average molecular weight is 222 g/mol. The van der Waals surface area contributed by atoms with Gasteiger partial charge in [-0.1, -0.05) is 26.7 Å². The van der Waals surface area contributed by atoms with E-state index in [1.165, 1.54) is 19.4 Å². The summed E-state index contributed by atoms with van der Waals surface area (Å²) < 4.78 is 0. The molecular weight excluding hydrogens is 196 g/mol. The van der Waals surface area contributed by atoms with Crippen LogP contribution in [0.1, 0.15) is 33.6 Å². The molecule has 1 N–H and O–H groups in total. The molecular formula is C14H26N2. The molecule has 0 aliphatic heterocycles.